The molecule has 1 unspecified atom stereocenters. The van der Waals surface area contributed by atoms with Crippen LogP contribution in [-0.4, -0.2) is 5.50 Å². The lowest BCUT2D eigenvalue weighted by molar-refractivity contribution is 0.651. The average Bonchev–Trinajstić information content (AvgIpc) is 2.04. The Balaban J connectivity index is 2.34. The number of rotatable bonds is 0. The van der Waals surface area contributed by atoms with Gasteiger partial charge in [-0.05, 0) is 24.5 Å². The van der Waals surface area contributed by atoms with Crippen LogP contribution in [-0.2, 0) is 6.42 Å². The van der Waals surface area contributed by atoms with Gasteiger partial charge in [0.15, 0.2) is 0 Å². The molecule has 57 valence electrons. The van der Waals surface area contributed by atoms with Crippen molar-refractivity contribution in [2.45, 2.75) is 18.3 Å². The van der Waals surface area contributed by atoms with Crippen LogP contribution in [0.5, 0.6) is 0 Å². The van der Waals surface area contributed by atoms with Crippen LogP contribution in [0.1, 0.15) is 12.0 Å². The number of aryl methyl sites for hydroxylation is 1. The maximum absolute atomic E-state index is 5.88. The van der Waals surface area contributed by atoms with Gasteiger partial charge in [0.1, 0.15) is 5.50 Å². The Morgan fingerprint density at radius 2 is 2.18 bits per heavy atom. The summed E-state index contributed by atoms with van der Waals surface area (Å²) in [5.41, 5.74) is 2.38. The molecule has 0 bridgehead atoms. The highest BCUT2D eigenvalue weighted by molar-refractivity contribution is 6.20. The third kappa shape index (κ3) is 1.33. The molecule has 1 radical (unpaired) electrons. The van der Waals surface area contributed by atoms with Gasteiger partial charge in [0.25, 0.3) is 0 Å². The molecule has 2 rings (SSSR count). The molecule has 1 aromatic carbocycles. The van der Waals surface area contributed by atoms with Gasteiger partial charge in [0.2, 0.25) is 0 Å². The smallest absolute Gasteiger partial charge is 0.124 e. The Hall–Kier alpha value is -0.690. The fraction of sp³-hybridized carbons (Fsp3) is 0.333. The normalized spacial score (nSPS) is 22.1. The zero-order chi connectivity index (χ0) is 7.68. The maximum atomic E-state index is 5.88. The van der Waals surface area contributed by atoms with Crippen molar-refractivity contribution in [1.82, 2.24) is 5.32 Å². The molecule has 11 heavy (non-hydrogen) atoms. The second kappa shape index (κ2) is 2.74. The standard InChI is InChI=1S/C9H9ClN/c10-9-6-5-7-3-1-2-4-8(7)11-9/h1-4,9H,5-6H2. The van der Waals surface area contributed by atoms with Gasteiger partial charge in [-0.15, -0.1) is 0 Å². The predicted molar refractivity (Wildman–Crippen MR) is 46.2 cm³/mol. The Bertz CT molecular complexity index is 259. The van der Waals surface area contributed by atoms with Crippen molar-refractivity contribution in [2.24, 2.45) is 0 Å². The van der Waals surface area contributed by atoms with Crippen molar-refractivity contribution >= 4 is 17.3 Å². The molecule has 0 aromatic heterocycles. The zero-order valence-electron chi connectivity index (χ0n) is 6.13. The summed E-state index contributed by atoms with van der Waals surface area (Å²) in [7, 11) is 0. The first-order chi connectivity index (χ1) is 5.36. The van der Waals surface area contributed by atoms with Gasteiger partial charge in [0.05, 0.1) is 5.69 Å². The molecule has 2 heteroatoms. The number of benzene rings is 1. The maximum Gasteiger partial charge on any atom is 0.124 e. The molecule has 0 saturated carbocycles. The predicted octanol–water partition coefficient (Wildman–Crippen LogP) is 2.43. The molecule has 0 spiro atoms. The van der Waals surface area contributed by atoms with Crippen LogP contribution in [0.15, 0.2) is 24.3 Å². The van der Waals surface area contributed by atoms with Crippen molar-refractivity contribution in [3.63, 3.8) is 0 Å². The largest absolute Gasteiger partial charge is 0.266 e. The third-order valence-corrected chi connectivity index (χ3v) is 2.24. The summed E-state index contributed by atoms with van der Waals surface area (Å²) in [6.07, 6.45) is 2.03. The molecule has 0 fully saturated rings. The van der Waals surface area contributed by atoms with Crippen LogP contribution >= 0.6 is 11.6 Å². The highest BCUT2D eigenvalue weighted by Gasteiger charge is 2.15. The van der Waals surface area contributed by atoms with Crippen LogP contribution in [0.25, 0.3) is 0 Å². The minimum Gasteiger partial charge on any atom is -0.266 e. The first-order valence-corrected chi connectivity index (χ1v) is 4.23. The SMILES string of the molecule is ClC1CCc2ccccc2[N]1. The molecule has 1 aliphatic rings. The van der Waals surface area contributed by atoms with Crippen LogP contribution in [0.4, 0.5) is 5.69 Å². The van der Waals surface area contributed by atoms with E-state index in [4.69, 9.17) is 11.6 Å². The topological polar surface area (TPSA) is 14.1 Å². The number of para-hydroxylation sites is 1. The van der Waals surface area contributed by atoms with Gasteiger partial charge in [-0.2, -0.15) is 0 Å². The molecule has 1 aliphatic heterocycles. The molecule has 0 amide bonds. The van der Waals surface area contributed by atoms with Gasteiger partial charge in [0, 0.05) is 0 Å². The highest BCUT2D eigenvalue weighted by Crippen LogP contribution is 2.25. The summed E-state index contributed by atoms with van der Waals surface area (Å²) < 4.78 is 0. The second-order valence-electron chi connectivity index (χ2n) is 2.73. The van der Waals surface area contributed by atoms with Gasteiger partial charge in [-0.1, -0.05) is 29.8 Å². The van der Waals surface area contributed by atoms with Crippen LogP contribution in [0.2, 0.25) is 0 Å². The van der Waals surface area contributed by atoms with E-state index in [1.807, 2.05) is 18.2 Å². The molecular weight excluding hydrogens is 158 g/mol. The quantitative estimate of drug-likeness (QED) is 0.415. The van der Waals surface area contributed by atoms with E-state index in [2.05, 4.69) is 11.4 Å². The van der Waals surface area contributed by atoms with E-state index in [0.29, 0.717) is 0 Å². The van der Waals surface area contributed by atoms with Crippen LogP contribution in [0, 0.1) is 0 Å². The minimum absolute atomic E-state index is 0.00935. The molecule has 1 nitrogen and oxygen atoms in total. The first kappa shape index (κ1) is 6.99. The fourth-order valence-electron chi connectivity index (χ4n) is 1.34. The van der Waals surface area contributed by atoms with Crippen LogP contribution < -0.4 is 5.32 Å². The van der Waals surface area contributed by atoms with Gasteiger partial charge in [-0.25, -0.2) is 0 Å². The fourth-order valence-corrected chi connectivity index (χ4v) is 1.55. The van der Waals surface area contributed by atoms with Crippen molar-refractivity contribution < 1.29 is 0 Å². The monoisotopic (exact) mass is 166 g/mol. The molecule has 1 aromatic rings. The lowest BCUT2D eigenvalue weighted by Crippen LogP contribution is -2.18. The summed E-state index contributed by atoms with van der Waals surface area (Å²) in [4.78, 5) is 0. The lowest BCUT2D eigenvalue weighted by atomic mass is 10.0. The Labute approximate surface area is 71.4 Å². The van der Waals surface area contributed by atoms with Crippen LogP contribution in [0.3, 0.4) is 0 Å². The van der Waals surface area contributed by atoms with E-state index in [1.54, 1.807) is 0 Å². The Morgan fingerprint density at radius 3 is 3.09 bits per heavy atom. The summed E-state index contributed by atoms with van der Waals surface area (Å²) in [5.74, 6) is 0. The molecule has 0 aliphatic carbocycles. The molecular formula is C9H9ClN. The van der Waals surface area contributed by atoms with E-state index < -0.39 is 0 Å². The third-order valence-electron chi connectivity index (χ3n) is 1.92. The van der Waals surface area contributed by atoms with E-state index in [-0.39, 0.29) is 5.50 Å². The number of hydrogen-bond donors (Lipinski definition) is 0. The molecule has 1 atom stereocenters. The number of hydrogen-bond acceptors (Lipinski definition) is 0. The molecule has 1 heterocycles. The number of nitrogens with zero attached hydrogens (tertiary/aromatic N) is 1. The van der Waals surface area contributed by atoms with Gasteiger partial charge < -0.3 is 0 Å². The van der Waals surface area contributed by atoms with Gasteiger partial charge >= 0.3 is 0 Å². The van der Waals surface area contributed by atoms with Crippen molar-refractivity contribution in [3.05, 3.63) is 29.8 Å². The summed E-state index contributed by atoms with van der Waals surface area (Å²) in [5, 5.41) is 4.31. The number of fused-ring (bicyclic) bond motifs is 1. The van der Waals surface area contributed by atoms with E-state index >= 15 is 0 Å². The average molecular weight is 167 g/mol. The Morgan fingerprint density at radius 1 is 1.36 bits per heavy atom. The van der Waals surface area contributed by atoms with E-state index in [1.165, 1.54) is 5.56 Å². The number of alkyl halides is 1. The summed E-state index contributed by atoms with van der Waals surface area (Å²) in [6.45, 7) is 0. The summed E-state index contributed by atoms with van der Waals surface area (Å²) >= 11 is 5.88. The highest BCUT2D eigenvalue weighted by atomic mass is 35.5. The Kier molecular flexibility index (Phi) is 1.74. The minimum atomic E-state index is -0.00935. The number of halogens is 1. The summed E-state index contributed by atoms with van der Waals surface area (Å²) in [6, 6.07) is 8.17. The molecule has 0 saturated heterocycles. The van der Waals surface area contributed by atoms with Crippen molar-refractivity contribution in [1.29, 1.82) is 0 Å². The second-order valence-corrected chi connectivity index (χ2v) is 3.23. The van der Waals surface area contributed by atoms with E-state index in [0.717, 1.165) is 18.5 Å². The van der Waals surface area contributed by atoms with Crippen molar-refractivity contribution in [3.8, 4) is 0 Å². The zero-order valence-corrected chi connectivity index (χ0v) is 6.88. The first-order valence-electron chi connectivity index (χ1n) is 3.79. The van der Waals surface area contributed by atoms with Crippen molar-refractivity contribution in [2.75, 3.05) is 0 Å². The van der Waals surface area contributed by atoms with Gasteiger partial charge in [-0.3, -0.25) is 5.32 Å². The molecule has 0 N–H and O–H groups in total. The lowest BCUT2D eigenvalue weighted by Gasteiger charge is -2.19. The van der Waals surface area contributed by atoms with E-state index in [9.17, 15) is 0 Å².